The molecule has 1 unspecified atom stereocenters. The Hall–Kier alpha value is -0.830. The molecule has 0 aromatic carbocycles. The molecule has 1 N–H and O–H groups in total. The molecule has 0 spiro atoms. The van der Waals surface area contributed by atoms with Gasteiger partial charge in [0.25, 0.3) is 0 Å². The standard InChI is InChI=1S/C15H29N3/c1-6-8-12(3)11-18-14(5)15(13(4)17-18)10-16-9-7-2/h12,16H,6-11H2,1-5H3. The molecule has 0 aliphatic rings. The highest BCUT2D eigenvalue weighted by molar-refractivity contribution is 5.24. The molecule has 0 aliphatic heterocycles. The Morgan fingerprint density at radius 3 is 2.56 bits per heavy atom. The third kappa shape index (κ3) is 4.13. The van der Waals surface area contributed by atoms with E-state index in [1.165, 1.54) is 36.2 Å². The summed E-state index contributed by atoms with van der Waals surface area (Å²) in [5, 5.41) is 8.16. The van der Waals surface area contributed by atoms with E-state index in [1.54, 1.807) is 0 Å². The van der Waals surface area contributed by atoms with Gasteiger partial charge in [-0.3, -0.25) is 4.68 Å². The molecule has 1 aromatic heterocycles. The molecule has 0 fully saturated rings. The van der Waals surface area contributed by atoms with Crippen molar-refractivity contribution in [3.63, 3.8) is 0 Å². The molecular weight excluding hydrogens is 222 g/mol. The predicted molar refractivity (Wildman–Crippen MR) is 77.8 cm³/mol. The Morgan fingerprint density at radius 1 is 1.22 bits per heavy atom. The largest absolute Gasteiger partial charge is 0.313 e. The maximum Gasteiger partial charge on any atom is 0.0641 e. The van der Waals surface area contributed by atoms with Crippen LogP contribution in [0.5, 0.6) is 0 Å². The lowest BCUT2D eigenvalue weighted by molar-refractivity contribution is 0.413. The third-order valence-corrected chi connectivity index (χ3v) is 3.53. The van der Waals surface area contributed by atoms with Crippen LogP contribution in [0.25, 0.3) is 0 Å². The summed E-state index contributed by atoms with van der Waals surface area (Å²) in [5.74, 6) is 0.712. The first kappa shape index (κ1) is 15.2. The van der Waals surface area contributed by atoms with Crippen molar-refractivity contribution in [1.82, 2.24) is 15.1 Å². The number of rotatable bonds is 8. The minimum absolute atomic E-state index is 0.712. The topological polar surface area (TPSA) is 29.9 Å². The molecular formula is C15H29N3. The van der Waals surface area contributed by atoms with E-state index < -0.39 is 0 Å². The Bertz CT molecular complexity index is 355. The fraction of sp³-hybridized carbons (Fsp3) is 0.800. The number of nitrogens with zero attached hydrogens (tertiary/aromatic N) is 2. The summed E-state index contributed by atoms with van der Waals surface area (Å²) in [6.07, 6.45) is 3.72. The summed E-state index contributed by atoms with van der Waals surface area (Å²) in [6.45, 7) is 14.2. The second-order valence-electron chi connectivity index (χ2n) is 5.40. The van der Waals surface area contributed by atoms with Crippen LogP contribution in [-0.2, 0) is 13.1 Å². The van der Waals surface area contributed by atoms with Gasteiger partial charge in [0.05, 0.1) is 5.69 Å². The van der Waals surface area contributed by atoms with Gasteiger partial charge in [-0.15, -0.1) is 0 Å². The van der Waals surface area contributed by atoms with Crippen molar-refractivity contribution in [2.24, 2.45) is 5.92 Å². The molecule has 3 heteroatoms. The summed E-state index contributed by atoms with van der Waals surface area (Å²) in [7, 11) is 0. The lowest BCUT2D eigenvalue weighted by Crippen LogP contribution is -2.15. The van der Waals surface area contributed by atoms with E-state index in [9.17, 15) is 0 Å². The maximum atomic E-state index is 4.69. The zero-order chi connectivity index (χ0) is 13.5. The van der Waals surface area contributed by atoms with E-state index in [1.807, 2.05) is 0 Å². The van der Waals surface area contributed by atoms with E-state index in [-0.39, 0.29) is 0 Å². The van der Waals surface area contributed by atoms with Gasteiger partial charge in [-0.1, -0.05) is 27.2 Å². The molecule has 1 rings (SSSR count). The van der Waals surface area contributed by atoms with E-state index >= 15 is 0 Å². The van der Waals surface area contributed by atoms with Crippen molar-refractivity contribution in [3.8, 4) is 0 Å². The van der Waals surface area contributed by atoms with Crippen molar-refractivity contribution < 1.29 is 0 Å². The molecule has 0 bridgehead atoms. The molecule has 1 aromatic rings. The number of hydrogen-bond acceptors (Lipinski definition) is 2. The average Bonchev–Trinajstić information content (AvgIpc) is 2.57. The van der Waals surface area contributed by atoms with Crippen molar-refractivity contribution in [2.75, 3.05) is 6.54 Å². The van der Waals surface area contributed by atoms with Gasteiger partial charge < -0.3 is 5.32 Å². The SMILES string of the molecule is CCCNCc1c(C)nn(CC(C)CCC)c1C. The number of aryl methyl sites for hydroxylation is 1. The highest BCUT2D eigenvalue weighted by Crippen LogP contribution is 2.16. The molecule has 0 saturated heterocycles. The Morgan fingerprint density at radius 2 is 1.94 bits per heavy atom. The molecule has 3 nitrogen and oxygen atoms in total. The zero-order valence-corrected chi connectivity index (χ0v) is 12.7. The van der Waals surface area contributed by atoms with Gasteiger partial charge in [0.1, 0.15) is 0 Å². The van der Waals surface area contributed by atoms with E-state index in [2.05, 4.69) is 49.7 Å². The van der Waals surface area contributed by atoms with Crippen molar-refractivity contribution >= 4 is 0 Å². The summed E-state index contributed by atoms with van der Waals surface area (Å²) >= 11 is 0. The molecule has 0 amide bonds. The third-order valence-electron chi connectivity index (χ3n) is 3.53. The van der Waals surface area contributed by atoms with Crippen LogP contribution in [0.4, 0.5) is 0 Å². The van der Waals surface area contributed by atoms with Gasteiger partial charge in [0.2, 0.25) is 0 Å². The second-order valence-corrected chi connectivity index (χ2v) is 5.40. The van der Waals surface area contributed by atoms with Crippen LogP contribution in [0.3, 0.4) is 0 Å². The van der Waals surface area contributed by atoms with Crippen LogP contribution in [-0.4, -0.2) is 16.3 Å². The highest BCUT2D eigenvalue weighted by Gasteiger charge is 2.12. The lowest BCUT2D eigenvalue weighted by atomic mass is 10.1. The van der Waals surface area contributed by atoms with Gasteiger partial charge in [0, 0.05) is 24.3 Å². The quantitative estimate of drug-likeness (QED) is 0.717. The lowest BCUT2D eigenvalue weighted by Gasteiger charge is -2.12. The van der Waals surface area contributed by atoms with Crippen LogP contribution in [0, 0.1) is 19.8 Å². The normalized spacial score (nSPS) is 12.9. The first-order valence-electron chi connectivity index (χ1n) is 7.33. The van der Waals surface area contributed by atoms with Gasteiger partial charge in [0.15, 0.2) is 0 Å². The van der Waals surface area contributed by atoms with Crippen molar-refractivity contribution in [1.29, 1.82) is 0 Å². The van der Waals surface area contributed by atoms with Gasteiger partial charge in [-0.05, 0) is 39.2 Å². The van der Waals surface area contributed by atoms with E-state index in [0.717, 1.165) is 19.6 Å². The van der Waals surface area contributed by atoms with Crippen molar-refractivity contribution in [2.45, 2.75) is 67.0 Å². The first-order valence-corrected chi connectivity index (χ1v) is 7.33. The summed E-state index contributed by atoms with van der Waals surface area (Å²) in [6, 6.07) is 0. The molecule has 104 valence electrons. The Balaban J connectivity index is 2.67. The summed E-state index contributed by atoms with van der Waals surface area (Å²) in [4.78, 5) is 0. The van der Waals surface area contributed by atoms with Crippen LogP contribution in [0.2, 0.25) is 0 Å². The summed E-state index contributed by atoms with van der Waals surface area (Å²) < 4.78 is 2.19. The molecule has 0 saturated carbocycles. The number of hydrogen-bond donors (Lipinski definition) is 1. The fourth-order valence-corrected chi connectivity index (χ4v) is 2.44. The van der Waals surface area contributed by atoms with Crippen molar-refractivity contribution in [3.05, 3.63) is 17.0 Å². The molecule has 0 aliphatic carbocycles. The molecule has 1 heterocycles. The van der Waals surface area contributed by atoms with Gasteiger partial charge >= 0.3 is 0 Å². The minimum Gasteiger partial charge on any atom is -0.313 e. The molecule has 18 heavy (non-hydrogen) atoms. The van der Waals surface area contributed by atoms with Crippen LogP contribution < -0.4 is 5.32 Å². The smallest absolute Gasteiger partial charge is 0.0641 e. The maximum absolute atomic E-state index is 4.69. The Kier molecular flexibility index (Phi) is 6.41. The number of aromatic nitrogens is 2. The second kappa shape index (κ2) is 7.57. The minimum atomic E-state index is 0.712. The molecule has 1 atom stereocenters. The highest BCUT2D eigenvalue weighted by atomic mass is 15.3. The van der Waals surface area contributed by atoms with E-state index in [4.69, 9.17) is 0 Å². The van der Waals surface area contributed by atoms with Gasteiger partial charge in [-0.25, -0.2) is 0 Å². The van der Waals surface area contributed by atoms with Crippen LogP contribution in [0.1, 0.15) is 57.0 Å². The predicted octanol–water partition coefficient (Wildman–Crippen LogP) is 3.44. The average molecular weight is 251 g/mol. The van der Waals surface area contributed by atoms with Crippen LogP contribution in [0.15, 0.2) is 0 Å². The first-order chi connectivity index (χ1) is 8.60. The van der Waals surface area contributed by atoms with E-state index in [0.29, 0.717) is 5.92 Å². The molecule has 0 radical (unpaired) electrons. The summed E-state index contributed by atoms with van der Waals surface area (Å²) in [5.41, 5.74) is 3.89. The van der Waals surface area contributed by atoms with Gasteiger partial charge in [-0.2, -0.15) is 5.10 Å². The van der Waals surface area contributed by atoms with Crippen LogP contribution >= 0.6 is 0 Å². The monoisotopic (exact) mass is 251 g/mol. The fourth-order valence-electron chi connectivity index (χ4n) is 2.44. The number of nitrogens with one attached hydrogen (secondary N) is 1. The Labute approximate surface area is 112 Å². The zero-order valence-electron chi connectivity index (χ0n) is 12.7.